The molecule has 1 aliphatic rings. The van der Waals surface area contributed by atoms with Crippen molar-refractivity contribution in [3.05, 3.63) is 34.5 Å². The van der Waals surface area contributed by atoms with Crippen LogP contribution in [0.3, 0.4) is 0 Å². The maximum Gasteiger partial charge on any atom is 0.161 e. The normalized spacial score (nSPS) is 20.4. The van der Waals surface area contributed by atoms with Gasteiger partial charge < -0.3 is 9.64 Å². The van der Waals surface area contributed by atoms with Crippen LogP contribution in [0.5, 0.6) is 0 Å². The molecule has 1 aliphatic heterocycles. The maximum absolute atomic E-state index is 9.04. The van der Waals surface area contributed by atoms with Gasteiger partial charge in [0.1, 0.15) is 17.7 Å². The van der Waals surface area contributed by atoms with Crippen molar-refractivity contribution >= 4 is 17.4 Å². The number of H-pyrrole nitrogens is 1. The van der Waals surface area contributed by atoms with Gasteiger partial charge in [0, 0.05) is 20.2 Å². The molecular formula is C15H17ClN6O. The number of ether oxygens (including phenoxy) is 1. The van der Waals surface area contributed by atoms with Crippen molar-refractivity contribution in [2.24, 2.45) is 0 Å². The molecule has 0 unspecified atom stereocenters. The summed E-state index contributed by atoms with van der Waals surface area (Å²) in [4.78, 5) is 10.7. The average molecular weight is 333 g/mol. The minimum atomic E-state index is -0.0155. The van der Waals surface area contributed by atoms with Crippen molar-refractivity contribution in [1.29, 1.82) is 5.26 Å². The van der Waals surface area contributed by atoms with Gasteiger partial charge in [0.2, 0.25) is 0 Å². The number of pyridine rings is 1. The number of hydrogen-bond acceptors (Lipinski definition) is 6. The van der Waals surface area contributed by atoms with Gasteiger partial charge >= 0.3 is 0 Å². The van der Waals surface area contributed by atoms with Crippen molar-refractivity contribution in [2.75, 3.05) is 25.1 Å². The summed E-state index contributed by atoms with van der Waals surface area (Å²) < 4.78 is 5.85. The predicted molar refractivity (Wildman–Crippen MR) is 85.4 cm³/mol. The molecule has 0 saturated carbocycles. The monoisotopic (exact) mass is 332 g/mol. The summed E-state index contributed by atoms with van der Waals surface area (Å²) in [7, 11) is 1.92. The Morgan fingerprint density at radius 1 is 1.48 bits per heavy atom. The summed E-state index contributed by atoms with van der Waals surface area (Å²) in [5.41, 5.74) is 0.226. The number of hydrogen-bond donors (Lipinski definition) is 1. The van der Waals surface area contributed by atoms with E-state index < -0.39 is 0 Å². The first kappa shape index (κ1) is 15.7. The van der Waals surface area contributed by atoms with E-state index >= 15 is 0 Å². The zero-order valence-corrected chi connectivity index (χ0v) is 13.7. The molecule has 1 saturated heterocycles. The first-order valence-corrected chi connectivity index (χ1v) is 7.74. The number of aromatic nitrogens is 4. The average Bonchev–Trinajstić information content (AvgIpc) is 3.16. The van der Waals surface area contributed by atoms with E-state index in [4.69, 9.17) is 21.6 Å². The third-order valence-electron chi connectivity index (χ3n) is 3.94. The Bertz CT molecular complexity index is 740. The van der Waals surface area contributed by atoms with E-state index in [2.05, 4.69) is 20.2 Å². The Morgan fingerprint density at radius 3 is 3.00 bits per heavy atom. The van der Waals surface area contributed by atoms with E-state index in [0.29, 0.717) is 24.0 Å². The highest BCUT2D eigenvalue weighted by Crippen LogP contribution is 2.30. The van der Waals surface area contributed by atoms with Crippen molar-refractivity contribution in [2.45, 2.75) is 25.4 Å². The second kappa shape index (κ2) is 6.52. The third-order valence-corrected chi connectivity index (χ3v) is 4.24. The van der Waals surface area contributed by atoms with Gasteiger partial charge in [0.25, 0.3) is 0 Å². The second-order valence-corrected chi connectivity index (χ2v) is 5.98. The van der Waals surface area contributed by atoms with Crippen molar-refractivity contribution in [3.8, 4) is 6.07 Å². The van der Waals surface area contributed by atoms with Gasteiger partial charge in [0.05, 0.1) is 17.0 Å². The molecule has 0 amide bonds. The lowest BCUT2D eigenvalue weighted by Gasteiger charge is -2.24. The number of likely N-dealkylation sites (N-methyl/N-ethyl adjacent to an activating group) is 1. The van der Waals surface area contributed by atoms with Gasteiger partial charge in [-0.3, -0.25) is 5.10 Å². The van der Waals surface area contributed by atoms with Gasteiger partial charge in [0.15, 0.2) is 11.5 Å². The number of rotatable bonds is 4. The Labute approximate surface area is 139 Å². The fourth-order valence-corrected chi connectivity index (χ4v) is 2.88. The summed E-state index contributed by atoms with van der Waals surface area (Å²) >= 11 is 5.93. The summed E-state index contributed by atoms with van der Waals surface area (Å²) in [6.45, 7) is 3.21. The third kappa shape index (κ3) is 3.28. The molecule has 8 heteroatoms. The highest BCUT2D eigenvalue weighted by Gasteiger charge is 2.33. The number of aryl methyl sites for hydroxylation is 1. The van der Waals surface area contributed by atoms with Crippen molar-refractivity contribution in [1.82, 2.24) is 20.2 Å². The molecule has 7 nitrogen and oxygen atoms in total. The Kier molecular flexibility index (Phi) is 4.46. The number of nitrogens with zero attached hydrogens (tertiary/aromatic N) is 5. The molecule has 1 fully saturated rings. The molecule has 0 aliphatic carbocycles. The minimum Gasteiger partial charge on any atom is -0.376 e. The van der Waals surface area contributed by atoms with Crippen LogP contribution in [0.15, 0.2) is 12.1 Å². The molecule has 2 atom stereocenters. The van der Waals surface area contributed by atoms with Crippen LogP contribution in [-0.2, 0) is 4.74 Å². The lowest BCUT2D eigenvalue weighted by atomic mass is 10.0. The number of anilines is 1. The van der Waals surface area contributed by atoms with Crippen LogP contribution in [-0.4, -0.2) is 46.5 Å². The quantitative estimate of drug-likeness (QED) is 0.921. The highest BCUT2D eigenvalue weighted by atomic mass is 35.5. The molecule has 0 spiro atoms. The second-order valence-electron chi connectivity index (χ2n) is 5.58. The minimum absolute atomic E-state index is 0.0155. The maximum atomic E-state index is 9.04. The fourth-order valence-electron chi connectivity index (χ4n) is 2.74. The molecule has 0 radical (unpaired) electrons. The summed E-state index contributed by atoms with van der Waals surface area (Å²) in [6.07, 6.45) is 0.881. The molecule has 3 rings (SSSR count). The first-order chi connectivity index (χ1) is 11.1. The van der Waals surface area contributed by atoms with Crippen molar-refractivity contribution < 1.29 is 4.74 Å². The molecule has 3 heterocycles. The van der Waals surface area contributed by atoms with E-state index in [0.717, 1.165) is 18.1 Å². The van der Waals surface area contributed by atoms with Gasteiger partial charge in [-0.05, 0) is 25.5 Å². The van der Waals surface area contributed by atoms with Gasteiger partial charge in [-0.2, -0.15) is 10.4 Å². The summed E-state index contributed by atoms with van der Waals surface area (Å²) in [5, 5.41) is 16.5. The van der Waals surface area contributed by atoms with Gasteiger partial charge in [-0.25, -0.2) is 9.97 Å². The smallest absolute Gasteiger partial charge is 0.161 e. The van der Waals surface area contributed by atoms with E-state index in [1.54, 1.807) is 12.1 Å². The zero-order valence-electron chi connectivity index (χ0n) is 13.0. The Balaban J connectivity index is 1.74. The van der Waals surface area contributed by atoms with E-state index in [9.17, 15) is 0 Å². The summed E-state index contributed by atoms with van der Waals surface area (Å²) in [6, 6.07) is 5.48. The van der Waals surface area contributed by atoms with Gasteiger partial charge in [-0.1, -0.05) is 11.6 Å². The van der Waals surface area contributed by atoms with Crippen LogP contribution < -0.4 is 4.90 Å². The predicted octanol–water partition coefficient (Wildman–Crippen LogP) is 2.04. The SMILES string of the molecule is Cc1nc([C@@H]2CCO[C@@H]2CN(C)c2ccc(Cl)c(C#N)n2)n[nH]1. The van der Waals surface area contributed by atoms with Crippen LogP contribution in [0.25, 0.3) is 0 Å². The number of nitrogens with one attached hydrogen (secondary N) is 1. The number of aromatic amines is 1. The number of nitriles is 1. The Hall–Kier alpha value is -2.17. The molecular weight excluding hydrogens is 316 g/mol. The Morgan fingerprint density at radius 2 is 2.30 bits per heavy atom. The molecule has 0 aromatic carbocycles. The highest BCUT2D eigenvalue weighted by molar-refractivity contribution is 6.31. The van der Waals surface area contributed by atoms with Crippen molar-refractivity contribution in [3.63, 3.8) is 0 Å². The molecule has 1 N–H and O–H groups in total. The summed E-state index contributed by atoms with van der Waals surface area (Å²) in [5.74, 6) is 2.44. The van der Waals surface area contributed by atoms with Crippen LogP contribution >= 0.6 is 11.6 Å². The van der Waals surface area contributed by atoms with Gasteiger partial charge in [-0.15, -0.1) is 0 Å². The largest absolute Gasteiger partial charge is 0.376 e. The van der Waals surface area contributed by atoms with E-state index in [-0.39, 0.29) is 17.7 Å². The topological polar surface area (TPSA) is 90.7 Å². The van der Waals surface area contributed by atoms with E-state index in [1.807, 2.05) is 24.9 Å². The van der Waals surface area contributed by atoms with Crippen LogP contribution in [0.1, 0.15) is 29.7 Å². The number of halogens is 1. The van der Waals surface area contributed by atoms with Crippen LogP contribution in [0.4, 0.5) is 5.82 Å². The lowest BCUT2D eigenvalue weighted by Crippen LogP contribution is -2.32. The molecule has 23 heavy (non-hydrogen) atoms. The first-order valence-electron chi connectivity index (χ1n) is 7.36. The zero-order chi connectivity index (χ0) is 16.4. The van der Waals surface area contributed by atoms with E-state index in [1.165, 1.54) is 0 Å². The standard InChI is InChI=1S/C15H17ClN6O/c1-9-18-15(21-20-9)10-5-6-23-13(10)8-22(2)14-4-3-11(16)12(7-17)19-14/h3-4,10,13H,5-6,8H2,1-2H3,(H,18,20,21)/t10-,13-/m1/s1. The molecule has 0 bridgehead atoms. The lowest BCUT2D eigenvalue weighted by molar-refractivity contribution is 0.108. The van der Waals surface area contributed by atoms with Crippen LogP contribution in [0, 0.1) is 18.3 Å². The molecule has 120 valence electrons. The molecule has 2 aromatic rings. The van der Waals surface area contributed by atoms with Crippen LogP contribution in [0.2, 0.25) is 5.02 Å². The fraction of sp³-hybridized carbons (Fsp3) is 0.467. The molecule has 2 aromatic heterocycles.